The van der Waals surface area contributed by atoms with Gasteiger partial charge in [-0.25, -0.2) is 4.98 Å². The Hall–Kier alpha value is -5.25. The predicted molar refractivity (Wildman–Crippen MR) is 191 cm³/mol. The molecule has 0 fully saturated rings. The molecule has 0 aliphatic carbocycles. The molecule has 0 radical (unpaired) electrons. The van der Waals surface area contributed by atoms with Crippen molar-refractivity contribution >= 4 is 43.8 Å². The summed E-state index contributed by atoms with van der Waals surface area (Å²) in [6.45, 7) is 6.74. The van der Waals surface area contributed by atoms with Crippen LogP contribution >= 0.6 is 0 Å². The quantitative estimate of drug-likeness (QED) is 0.128. The third-order valence-electron chi connectivity index (χ3n) is 9.19. The van der Waals surface area contributed by atoms with Gasteiger partial charge < -0.3 is 13.6 Å². The number of aromatic nitrogens is 4. The molecule has 5 aromatic carbocycles. The molecule has 9 aromatic rings. The zero-order valence-corrected chi connectivity index (χ0v) is 29.6. The Balaban J connectivity index is 0.00000348. The molecule has 9 rings (SSSR count). The SMILES string of the molecule is CC(C)(C)c1cccc(-[n+]2[c-]n(-c3[c-]c(Cc4[c-]c5c(cc4)c4ccccc4n5-c4cc5ccoc5cn4)ccc3)c3ccccc32)c1.[Pt]. The molecule has 0 saturated heterocycles. The molecule has 0 spiro atoms. The zero-order valence-electron chi connectivity index (χ0n) is 27.3. The number of hydrogen-bond donors (Lipinski definition) is 0. The fraction of sp³-hybridized carbons (Fsp3) is 0.116. The monoisotopic (exact) mass is 815 g/mol. The first-order valence-electron chi connectivity index (χ1n) is 16.3. The smallest absolute Gasteiger partial charge is 0.268 e. The number of hydrogen-bond acceptors (Lipinski definition) is 2. The average molecular weight is 816 g/mol. The van der Waals surface area contributed by atoms with E-state index in [1.165, 1.54) is 10.9 Å². The van der Waals surface area contributed by atoms with Gasteiger partial charge in [0.25, 0.3) is 6.33 Å². The van der Waals surface area contributed by atoms with Crippen molar-refractivity contribution in [2.24, 2.45) is 0 Å². The van der Waals surface area contributed by atoms with Gasteiger partial charge in [0.05, 0.1) is 29.2 Å². The largest absolute Gasteiger partial charge is 0.463 e. The molecule has 0 atom stereocenters. The van der Waals surface area contributed by atoms with Crippen molar-refractivity contribution in [3.63, 3.8) is 0 Å². The number of para-hydroxylation sites is 3. The van der Waals surface area contributed by atoms with Crippen LogP contribution in [-0.4, -0.2) is 14.1 Å². The minimum atomic E-state index is 0. The molecule has 49 heavy (non-hydrogen) atoms. The minimum Gasteiger partial charge on any atom is -0.463 e. The molecule has 6 heteroatoms. The summed E-state index contributed by atoms with van der Waals surface area (Å²) in [5, 5.41) is 3.34. The average Bonchev–Trinajstić information content (AvgIpc) is 3.82. The van der Waals surface area contributed by atoms with E-state index in [1.807, 2.05) is 6.07 Å². The van der Waals surface area contributed by atoms with Gasteiger partial charge >= 0.3 is 0 Å². The molecule has 0 unspecified atom stereocenters. The van der Waals surface area contributed by atoms with Crippen LogP contribution in [-0.2, 0) is 32.9 Å². The van der Waals surface area contributed by atoms with Crippen molar-refractivity contribution < 1.29 is 30.0 Å². The van der Waals surface area contributed by atoms with Gasteiger partial charge in [-0.2, -0.15) is 53.6 Å². The van der Waals surface area contributed by atoms with Crippen molar-refractivity contribution in [3.8, 4) is 17.2 Å². The third-order valence-corrected chi connectivity index (χ3v) is 9.19. The van der Waals surface area contributed by atoms with Crippen LogP contribution in [0.25, 0.3) is 61.0 Å². The summed E-state index contributed by atoms with van der Waals surface area (Å²) in [5.41, 5.74) is 10.6. The minimum absolute atomic E-state index is 0. The first kappa shape index (κ1) is 31.0. The van der Waals surface area contributed by atoms with Crippen LogP contribution in [0.2, 0.25) is 0 Å². The maximum absolute atomic E-state index is 5.57. The Labute approximate surface area is 299 Å². The van der Waals surface area contributed by atoms with E-state index < -0.39 is 0 Å². The van der Waals surface area contributed by atoms with Gasteiger partial charge in [0, 0.05) is 32.0 Å². The maximum atomic E-state index is 5.57. The molecule has 242 valence electrons. The van der Waals surface area contributed by atoms with Gasteiger partial charge in [-0.15, -0.1) is 5.39 Å². The van der Waals surface area contributed by atoms with Crippen LogP contribution < -0.4 is 4.57 Å². The number of furan rings is 1. The molecule has 0 bridgehead atoms. The normalized spacial score (nSPS) is 11.9. The molecule has 0 aliphatic heterocycles. The maximum Gasteiger partial charge on any atom is 0.268 e. The number of nitrogens with zero attached hydrogens (tertiary/aromatic N) is 4. The van der Waals surface area contributed by atoms with Crippen molar-refractivity contribution in [1.82, 2.24) is 14.1 Å². The second-order valence-electron chi connectivity index (χ2n) is 13.4. The van der Waals surface area contributed by atoms with Gasteiger partial charge in [0.15, 0.2) is 5.58 Å². The van der Waals surface area contributed by atoms with Crippen molar-refractivity contribution in [2.75, 3.05) is 0 Å². The molecule has 0 saturated carbocycles. The van der Waals surface area contributed by atoms with Gasteiger partial charge in [-0.1, -0.05) is 80.9 Å². The standard InChI is InChI=1S/C43H32N4O.Pt/c1-43(2,3)32-11-9-13-34(26-32)46-28-45(38-16-6-7-17-39(38)46)33-12-8-10-29(23-33)22-30-18-19-36-35-14-4-5-15-37(35)47(40(36)24-30)42-25-31-20-21-48-41(31)27-44-42;/h4-21,25-27H,22H2,1-3H3;/q-2;. The van der Waals surface area contributed by atoms with Crippen LogP contribution in [0, 0.1) is 18.5 Å². The number of fused-ring (bicyclic) bond motifs is 5. The van der Waals surface area contributed by atoms with Crippen LogP contribution in [0.5, 0.6) is 0 Å². The molecule has 0 aliphatic rings. The van der Waals surface area contributed by atoms with Gasteiger partial charge in [0.2, 0.25) is 0 Å². The molecule has 0 amide bonds. The summed E-state index contributed by atoms with van der Waals surface area (Å²) >= 11 is 0. The summed E-state index contributed by atoms with van der Waals surface area (Å²) in [6, 6.07) is 47.9. The topological polar surface area (TPSA) is 39.8 Å². The molecule has 4 aromatic heterocycles. The Kier molecular flexibility index (Phi) is 7.61. The number of benzene rings is 5. The van der Waals surface area contributed by atoms with Crippen LogP contribution in [0.4, 0.5) is 0 Å². The third kappa shape index (κ3) is 5.39. The van der Waals surface area contributed by atoms with Gasteiger partial charge in [-0.3, -0.25) is 4.57 Å². The van der Waals surface area contributed by atoms with E-state index in [1.54, 1.807) is 12.5 Å². The van der Waals surface area contributed by atoms with E-state index in [4.69, 9.17) is 9.40 Å². The molecular weight excluding hydrogens is 784 g/mol. The van der Waals surface area contributed by atoms with E-state index in [0.717, 1.165) is 66.7 Å². The molecule has 0 N–H and O–H groups in total. The van der Waals surface area contributed by atoms with Gasteiger partial charge in [0.1, 0.15) is 5.82 Å². The number of imidazole rings is 1. The first-order valence-corrected chi connectivity index (χ1v) is 16.3. The second-order valence-corrected chi connectivity index (χ2v) is 13.4. The van der Waals surface area contributed by atoms with E-state index in [9.17, 15) is 0 Å². The van der Waals surface area contributed by atoms with E-state index in [2.05, 4.69) is 162 Å². The Morgan fingerprint density at radius 1 is 0.755 bits per heavy atom. The summed E-state index contributed by atoms with van der Waals surface area (Å²) in [7, 11) is 0. The van der Waals surface area contributed by atoms with Crippen LogP contribution in [0.15, 0.2) is 132 Å². The fourth-order valence-corrected chi connectivity index (χ4v) is 6.74. The molecule has 5 nitrogen and oxygen atoms in total. The summed E-state index contributed by atoms with van der Waals surface area (Å²) in [5.74, 6) is 0.841. The fourth-order valence-electron chi connectivity index (χ4n) is 6.74. The second kappa shape index (κ2) is 12.0. The van der Waals surface area contributed by atoms with E-state index in [-0.39, 0.29) is 26.5 Å². The Morgan fingerprint density at radius 3 is 2.43 bits per heavy atom. The van der Waals surface area contributed by atoms with E-state index >= 15 is 0 Å². The van der Waals surface area contributed by atoms with Gasteiger partial charge in [-0.05, 0) is 58.8 Å². The number of rotatable bonds is 5. The van der Waals surface area contributed by atoms with Crippen LogP contribution in [0.3, 0.4) is 0 Å². The van der Waals surface area contributed by atoms with Crippen molar-refractivity contribution in [1.29, 1.82) is 0 Å². The van der Waals surface area contributed by atoms with Crippen LogP contribution in [0.1, 0.15) is 37.5 Å². The summed E-state index contributed by atoms with van der Waals surface area (Å²) in [4.78, 5) is 4.78. The summed E-state index contributed by atoms with van der Waals surface area (Å²) < 4.78 is 12.0. The first-order chi connectivity index (χ1) is 23.4. The number of pyridine rings is 1. The predicted octanol–water partition coefficient (Wildman–Crippen LogP) is 9.43. The Morgan fingerprint density at radius 2 is 1.55 bits per heavy atom. The molecular formula is C43H32N4OPt-2. The molecule has 4 heterocycles. The zero-order chi connectivity index (χ0) is 32.4. The van der Waals surface area contributed by atoms with E-state index in [0.29, 0.717) is 6.42 Å². The van der Waals surface area contributed by atoms with Crippen molar-refractivity contribution in [2.45, 2.75) is 32.6 Å². The van der Waals surface area contributed by atoms with Crippen molar-refractivity contribution in [3.05, 3.63) is 163 Å². The summed E-state index contributed by atoms with van der Waals surface area (Å²) in [6.07, 6.45) is 7.83. The Bertz CT molecular complexity index is 2650.